The number of anilines is 1. The van der Waals surface area contributed by atoms with Crippen molar-refractivity contribution in [2.24, 2.45) is 7.05 Å². The third kappa shape index (κ3) is 2.23. The maximum absolute atomic E-state index is 10.7. The van der Waals surface area contributed by atoms with Crippen molar-refractivity contribution in [3.8, 4) is 0 Å². The van der Waals surface area contributed by atoms with Crippen molar-refractivity contribution in [2.75, 3.05) is 12.4 Å². The summed E-state index contributed by atoms with van der Waals surface area (Å²) in [7, 11) is 3.21. The minimum atomic E-state index is -0.457. The number of methoxy groups -OCH3 is 1. The molecule has 0 atom stereocenters. The summed E-state index contributed by atoms with van der Waals surface area (Å²) in [5, 5.41) is 2.55. The van der Waals surface area contributed by atoms with Crippen molar-refractivity contribution in [3.63, 3.8) is 0 Å². The lowest BCUT2D eigenvalue weighted by Gasteiger charge is -2.00. The number of ether oxygens (including phenoxy) is 1. The standard InChI is InChI=1S/C8H10N2O2/c1-10-5-3-4-7(6-10)9-8(11)12-2/h3-6H,1-2H3/p+1. The van der Waals surface area contributed by atoms with Crippen LogP contribution in [0.2, 0.25) is 0 Å². The Kier molecular flexibility index (Phi) is 2.63. The van der Waals surface area contributed by atoms with Gasteiger partial charge in [0.15, 0.2) is 12.4 Å². The monoisotopic (exact) mass is 167 g/mol. The first-order valence-electron chi connectivity index (χ1n) is 3.52. The van der Waals surface area contributed by atoms with E-state index in [1.165, 1.54) is 7.11 Å². The zero-order chi connectivity index (χ0) is 8.97. The molecule has 1 rings (SSSR count). The van der Waals surface area contributed by atoms with Gasteiger partial charge in [-0.2, -0.15) is 0 Å². The number of carbonyl (C=O) groups excluding carboxylic acids is 1. The van der Waals surface area contributed by atoms with E-state index in [-0.39, 0.29) is 0 Å². The van der Waals surface area contributed by atoms with Gasteiger partial charge in [-0.15, -0.1) is 0 Å². The zero-order valence-corrected chi connectivity index (χ0v) is 7.07. The molecule has 4 nitrogen and oxygen atoms in total. The van der Waals surface area contributed by atoms with Crippen molar-refractivity contribution < 1.29 is 14.1 Å². The maximum atomic E-state index is 10.7. The largest absolute Gasteiger partial charge is 0.453 e. The van der Waals surface area contributed by atoms with E-state index in [9.17, 15) is 4.79 Å². The number of hydrogen-bond donors (Lipinski definition) is 1. The molecule has 0 spiro atoms. The lowest BCUT2D eigenvalue weighted by atomic mass is 10.4. The Bertz CT molecular complexity index is 286. The number of nitrogens with one attached hydrogen (secondary N) is 1. The van der Waals surface area contributed by atoms with Gasteiger partial charge in [-0.3, -0.25) is 5.32 Å². The van der Waals surface area contributed by atoms with Gasteiger partial charge in [0.1, 0.15) is 12.7 Å². The van der Waals surface area contributed by atoms with Crippen LogP contribution < -0.4 is 9.88 Å². The zero-order valence-electron chi connectivity index (χ0n) is 7.07. The van der Waals surface area contributed by atoms with Crippen LogP contribution in [0, 0.1) is 0 Å². The molecule has 1 heterocycles. The third-order valence-electron chi connectivity index (χ3n) is 1.37. The number of amides is 1. The van der Waals surface area contributed by atoms with Crippen molar-refractivity contribution >= 4 is 11.8 Å². The predicted octanol–water partition coefficient (Wildman–Crippen LogP) is 0.689. The average molecular weight is 167 g/mol. The molecule has 1 aromatic rings. The topological polar surface area (TPSA) is 42.2 Å². The highest BCUT2D eigenvalue weighted by Gasteiger charge is 2.02. The van der Waals surface area contributed by atoms with Gasteiger partial charge in [-0.25, -0.2) is 9.36 Å². The molecular formula is C8H11N2O2+. The highest BCUT2D eigenvalue weighted by molar-refractivity contribution is 5.83. The van der Waals surface area contributed by atoms with Gasteiger partial charge in [0.05, 0.1) is 7.11 Å². The highest BCUT2D eigenvalue weighted by atomic mass is 16.5. The second kappa shape index (κ2) is 3.71. The molecular weight excluding hydrogens is 156 g/mol. The highest BCUT2D eigenvalue weighted by Crippen LogP contribution is 2.00. The van der Waals surface area contributed by atoms with Crippen LogP contribution in [0.3, 0.4) is 0 Å². The number of aryl methyl sites for hydroxylation is 1. The first kappa shape index (κ1) is 8.52. The second-order valence-electron chi connectivity index (χ2n) is 2.37. The van der Waals surface area contributed by atoms with Crippen LogP contribution in [0.1, 0.15) is 0 Å². The van der Waals surface area contributed by atoms with Crippen LogP contribution in [0.5, 0.6) is 0 Å². The molecule has 0 fully saturated rings. The van der Waals surface area contributed by atoms with Crippen LogP contribution >= 0.6 is 0 Å². The summed E-state index contributed by atoms with van der Waals surface area (Å²) in [6, 6.07) is 3.63. The number of carbonyl (C=O) groups is 1. The van der Waals surface area contributed by atoms with Crippen molar-refractivity contribution in [1.29, 1.82) is 0 Å². The van der Waals surface area contributed by atoms with Crippen molar-refractivity contribution in [2.45, 2.75) is 0 Å². The van der Waals surface area contributed by atoms with Gasteiger partial charge in [-0.05, 0) is 6.07 Å². The van der Waals surface area contributed by atoms with Gasteiger partial charge in [-0.1, -0.05) is 0 Å². The van der Waals surface area contributed by atoms with Crippen molar-refractivity contribution in [1.82, 2.24) is 0 Å². The first-order chi connectivity index (χ1) is 5.72. The second-order valence-corrected chi connectivity index (χ2v) is 2.37. The number of hydrogen-bond acceptors (Lipinski definition) is 2. The van der Waals surface area contributed by atoms with E-state index < -0.39 is 6.09 Å². The quantitative estimate of drug-likeness (QED) is 0.625. The van der Waals surface area contributed by atoms with E-state index in [1.54, 1.807) is 12.3 Å². The molecule has 0 aliphatic rings. The number of rotatable bonds is 1. The van der Waals surface area contributed by atoms with E-state index >= 15 is 0 Å². The summed E-state index contributed by atoms with van der Waals surface area (Å²) < 4.78 is 6.27. The van der Waals surface area contributed by atoms with Crippen LogP contribution in [-0.4, -0.2) is 13.2 Å². The van der Waals surface area contributed by atoms with Gasteiger partial charge < -0.3 is 4.74 Å². The third-order valence-corrected chi connectivity index (χ3v) is 1.37. The minimum Gasteiger partial charge on any atom is -0.453 e. The Morgan fingerprint density at radius 2 is 2.42 bits per heavy atom. The number of aromatic nitrogens is 1. The summed E-state index contributed by atoms with van der Waals surface area (Å²) in [5.74, 6) is 0. The van der Waals surface area contributed by atoms with Gasteiger partial charge in [0.2, 0.25) is 0 Å². The average Bonchev–Trinajstić information content (AvgIpc) is 2.04. The molecule has 12 heavy (non-hydrogen) atoms. The molecule has 1 N–H and O–H groups in total. The van der Waals surface area contributed by atoms with E-state index in [2.05, 4.69) is 10.1 Å². The van der Waals surface area contributed by atoms with Crippen molar-refractivity contribution in [3.05, 3.63) is 24.5 Å². The smallest absolute Gasteiger partial charge is 0.411 e. The molecule has 0 saturated heterocycles. The Balaban J connectivity index is 2.69. The van der Waals surface area contributed by atoms with Crippen LogP contribution in [0.25, 0.3) is 0 Å². The van der Waals surface area contributed by atoms with E-state index in [4.69, 9.17) is 0 Å². The molecule has 0 aliphatic heterocycles. The summed E-state index contributed by atoms with van der Waals surface area (Å²) in [6.45, 7) is 0. The Morgan fingerprint density at radius 3 is 3.00 bits per heavy atom. The molecule has 0 unspecified atom stereocenters. The van der Waals surface area contributed by atoms with E-state index in [1.807, 2.05) is 23.9 Å². The molecule has 0 aromatic carbocycles. The maximum Gasteiger partial charge on any atom is 0.411 e. The van der Waals surface area contributed by atoms with Gasteiger partial charge >= 0.3 is 6.09 Å². The fourth-order valence-electron chi connectivity index (χ4n) is 0.831. The van der Waals surface area contributed by atoms with E-state index in [0.717, 1.165) is 0 Å². The summed E-state index contributed by atoms with van der Waals surface area (Å²) in [6.07, 6.45) is 3.21. The molecule has 0 aliphatic carbocycles. The summed E-state index contributed by atoms with van der Waals surface area (Å²) >= 11 is 0. The summed E-state index contributed by atoms with van der Waals surface area (Å²) in [4.78, 5) is 10.7. The minimum absolute atomic E-state index is 0.457. The lowest BCUT2D eigenvalue weighted by molar-refractivity contribution is -0.670. The molecule has 0 bridgehead atoms. The van der Waals surface area contributed by atoms with Gasteiger partial charge in [0, 0.05) is 6.07 Å². The predicted molar refractivity (Wildman–Crippen MR) is 43.6 cm³/mol. The SMILES string of the molecule is COC(=O)Nc1ccc[n+](C)c1. The van der Waals surface area contributed by atoms with Crippen LogP contribution in [0.4, 0.5) is 10.5 Å². The van der Waals surface area contributed by atoms with Crippen LogP contribution in [-0.2, 0) is 11.8 Å². The summed E-state index contributed by atoms with van der Waals surface area (Å²) in [5.41, 5.74) is 0.715. The molecule has 1 aromatic heterocycles. The Hall–Kier alpha value is -1.58. The molecule has 0 radical (unpaired) electrons. The molecule has 64 valence electrons. The normalized spacial score (nSPS) is 9.17. The fourth-order valence-corrected chi connectivity index (χ4v) is 0.831. The van der Waals surface area contributed by atoms with Gasteiger partial charge in [0.25, 0.3) is 0 Å². The Labute approximate surface area is 70.8 Å². The van der Waals surface area contributed by atoms with E-state index in [0.29, 0.717) is 5.69 Å². The number of nitrogens with zero attached hydrogens (tertiary/aromatic N) is 1. The Morgan fingerprint density at radius 1 is 1.67 bits per heavy atom. The lowest BCUT2D eigenvalue weighted by Crippen LogP contribution is -2.27. The first-order valence-corrected chi connectivity index (χ1v) is 3.52. The fraction of sp³-hybridized carbons (Fsp3) is 0.250. The van der Waals surface area contributed by atoms with Crippen LogP contribution in [0.15, 0.2) is 24.5 Å². The molecule has 1 amide bonds. The number of pyridine rings is 1. The molecule has 4 heteroatoms. The molecule has 0 saturated carbocycles.